The Morgan fingerprint density at radius 2 is 1.83 bits per heavy atom. The van der Waals surface area contributed by atoms with Gasteiger partial charge in [0.25, 0.3) is 0 Å². The van der Waals surface area contributed by atoms with Gasteiger partial charge in [-0.3, -0.25) is 4.79 Å². The third-order valence-electron chi connectivity index (χ3n) is 3.08. The number of carbonyl (C=O) groups excluding carboxylic acids is 1. The molecular formula is C17H13ClF3NO2. The van der Waals surface area contributed by atoms with Crippen LogP contribution in [0.3, 0.4) is 0 Å². The van der Waals surface area contributed by atoms with Gasteiger partial charge >= 0.3 is 6.18 Å². The standard InChI is InChI=1S/C17H13ClF3NO2/c1-24-15-8-7-13(10-14(15)18)22-16(23)9-4-11-2-5-12(6-3-11)17(19,20)21/h2-10H,1H3,(H,22,23)/b9-4+. The number of carbonyl (C=O) groups is 1. The minimum absolute atomic E-state index is 0.349. The Morgan fingerprint density at radius 1 is 1.17 bits per heavy atom. The van der Waals surface area contributed by atoms with Crippen LogP contribution in [-0.4, -0.2) is 13.0 Å². The lowest BCUT2D eigenvalue weighted by Crippen LogP contribution is -2.07. The highest BCUT2D eigenvalue weighted by molar-refractivity contribution is 6.32. The Hall–Kier alpha value is -2.47. The molecule has 126 valence electrons. The summed E-state index contributed by atoms with van der Waals surface area (Å²) in [7, 11) is 1.48. The first-order chi connectivity index (χ1) is 11.3. The maximum absolute atomic E-state index is 12.5. The Kier molecular flexibility index (Phi) is 5.51. The second kappa shape index (κ2) is 7.40. The number of alkyl halides is 3. The summed E-state index contributed by atoms with van der Waals surface area (Å²) in [6.45, 7) is 0. The van der Waals surface area contributed by atoms with Crippen LogP contribution in [0.5, 0.6) is 5.75 Å². The topological polar surface area (TPSA) is 38.3 Å². The molecule has 7 heteroatoms. The molecule has 0 saturated carbocycles. The second-order valence-electron chi connectivity index (χ2n) is 4.79. The van der Waals surface area contributed by atoms with Gasteiger partial charge in [-0.05, 0) is 42.0 Å². The summed E-state index contributed by atoms with van der Waals surface area (Å²) in [5.41, 5.74) is 0.214. The number of methoxy groups -OCH3 is 1. The molecule has 0 aliphatic heterocycles. The van der Waals surface area contributed by atoms with Gasteiger partial charge in [0.05, 0.1) is 17.7 Å². The zero-order chi connectivity index (χ0) is 17.7. The monoisotopic (exact) mass is 355 g/mol. The van der Waals surface area contributed by atoms with Crippen molar-refractivity contribution >= 4 is 29.3 Å². The van der Waals surface area contributed by atoms with Crippen LogP contribution in [0.2, 0.25) is 5.02 Å². The van der Waals surface area contributed by atoms with Gasteiger partial charge in [-0.2, -0.15) is 13.2 Å². The van der Waals surface area contributed by atoms with Gasteiger partial charge in [0.1, 0.15) is 5.75 Å². The molecule has 0 unspecified atom stereocenters. The van der Waals surface area contributed by atoms with E-state index in [0.29, 0.717) is 22.0 Å². The van der Waals surface area contributed by atoms with E-state index in [1.807, 2.05) is 0 Å². The van der Waals surface area contributed by atoms with Crippen LogP contribution in [0.15, 0.2) is 48.5 Å². The van der Waals surface area contributed by atoms with E-state index in [1.54, 1.807) is 12.1 Å². The molecule has 0 aliphatic rings. The molecule has 3 nitrogen and oxygen atoms in total. The zero-order valence-electron chi connectivity index (χ0n) is 12.5. The number of halogens is 4. The number of hydrogen-bond acceptors (Lipinski definition) is 2. The molecule has 24 heavy (non-hydrogen) atoms. The molecule has 0 atom stereocenters. The highest BCUT2D eigenvalue weighted by Crippen LogP contribution is 2.29. The molecule has 0 saturated heterocycles. The van der Waals surface area contributed by atoms with Gasteiger partial charge in [0.15, 0.2) is 0 Å². The molecule has 0 spiro atoms. The van der Waals surface area contributed by atoms with Crippen LogP contribution in [-0.2, 0) is 11.0 Å². The van der Waals surface area contributed by atoms with E-state index in [9.17, 15) is 18.0 Å². The van der Waals surface area contributed by atoms with Crippen molar-refractivity contribution in [2.75, 3.05) is 12.4 Å². The smallest absolute Gasteiger partial charge is 0.416 e. The molecule has 0 fully saturated rings. The SMILES string of the molecule is COc1ccc(NC(=O)/C=C/c2ccc(C(F)(F)F)cc2)cc1Cl. The fourth-order valence-corrected chi connectivity index (χ4v) is 2.14. The number of rotatable bonds is 4. The normalized spacial score (nSPS) is 11.5. The summed E-state index contributed by atoms with van der Waals surface area (Å²) in [5.74, 6) is 0.0473. The first-order valence-electron chi connectivity index (χ1n) is 6.79. The number of anilines is 1. The van der Waals surface area contributed by atoms with Crippen molar-refractivity contribution in [3.8, 4) is 5.75 Å². The molecule has 1 N–H and O–H groups in total. The fourth-order valence-electron chi connectivity index (χ4n) is 1.88. The lowest BCUT2D eigenvalue weighted by Gasteiger charge is -2.07. The second-order valence-corrected chi connectivity index (χ2v) is 5.20. The van der Waals surface area contributed by atoms with Crippen molar-refractivity contribution in [2.45, 2.75) is 6.18 Å². The molecule has 0 aromatic heterocycles. The molecule has 0 radical (unpaired) electrons. The number of amides is 1. The summed E-state index contributed by atoms with van der Waals surface area (Å²) >= 11 is 5.95. The lowest BCUT2D eigenvalue weighted by atomic mass is 10.1. The van der Waals surface area contributed by atoms with Gasteiger partial charge < -0.3 is 10.1 Å². The molecule has 2 aromatic rings. The van der Waals surface area contributed by atoms with Crippen LogP contribution in [0.1, 0.15) is 11.1 Å². The van der Waals surface area contributed by atoms with E-state index in [1.165, 1.54) is 37.5 Å². The average molecular weight is 356 g/mol. The highest BCUT2D eigenvalue weighted by atomic mass is 35.5. The maximum atomic E-state index is 12.5. The third-order valence-corrected chi connectivity index (χ3v) is 3.38. The van der Waals surface area contributed by atoms with E-state index in [0.717, 1.165) is 12.1 Å². The summed E-state index contributed by atoms with van der Waals surface area (Å²) in [6, 6.07) is 9.26. The van der Waals surface area contributed by atoms with E-state index in [4.69, 9.17) is 16.3 Å². The van der Waals surface area contributed by atoms with Gasteiger partial charge in [0, 0.05) is 11.8 Å². The van der Waals surface area contributed by atoms with Crippen LogP contribution < -0.4 is 10.1 Å². The molecule has 0 heterocycles. The predicted molar refractivity (Wildman–Crippen MR) is 87.1 cm³/mol. The number of hydrogen-bond donors (Lipinski definition) is 1. The number of benzene rings is 2. The predicted octanol–water partition coefficient (Wildman–Crippen LogP) is 5.02. The van der Waals surface area contributed by atoms with Crippen molar-refractivity contribution in [2.24, 2.45) is 0 Å². The summed E-state index contributed by atoms with van der Waals surface area (Å²) in [5, 5.41) is 2.94. The van der Waals surface area contributed by atoms with E-state index < -0.39 is 17.6 Å². The Morgan fingerprint density at radius 3 is 2.38 bits per heavy atom. The van der Waals surface area contributed by atoms with E-state index in [-0.39, 0.29) is 0 Å². The molecular weight excluding hydrogens is 343 g/mol. The van der Waals surface area contributed by atoms with Gasteiger partial charge in [-0.1, -0.05) is 23.7 Å². The van der Waals surface area contributed by atoms with Gasteiger partial charge in [-0.15, -0.1) is 0 Å². The lowest BCUT2D eigenvalue weighted by molar-refractivity contribution is -0.137. The molecule has 2 aromatic carbocycles. The molecule has 0 aliphatic carbocycles. The molecule has 2 rings (SSSR count). The van der Waals surface area contributed by atoms with Crippen LogP contribution >= 0.6 is 11.6 Å². The molecule has 1 amide bonds. The largest absolute Gasteiger partial charge is 0.495 e. The minimum Gasteiger partial charge on any atom is -0.495 e. The van der Waals surface area contributed by atoms with Crippen molar-refractivity contribution in [1.29, 1.82) is 0 Å². The third kappa shape index (κ3) is 4.76. The molecule has 0 bridgehead atoms. The van der Waals surface area contributed by atoms with Crippen molar-refractivity contribution < 1.29 is 22.7 Å². The quantitative estimate of drug-likeness (QED) is 0.782. The van der Waals surface area contributed by atoms with Crippen LogP contribution in [0, 0.1) is 0 Å². The highest BCUT2D eigenvalue weighted by Gasteiger charge is 2.29. The van der Waals surface area contributed by atoms with E-state index in [2.05, 4.69) is 5.32 Å². The zero-order valence-corrected chi connectivity index (χ0v) is 13.3. The Labute approximate surface area is 141 Å². The van der Waals surface area contributed by atoms with Crippen molar-refractivity contribution in [3.05, 3.63) is 64.7 Å². The fraction of sp³-hybridized carbons (Fsp3) is 0.118. The summed E-state index contributed by atoms with van der Waals surface area (Å²) in [4.78, 5) is 11.8. The minimum atomic E-state index is -4.38. The van der Waals surface area contributed by atoms with Crippen LogP contribution in [0.4, 0.5) is 18.9 Å². The summed E-state index contributed by atoms with van der Waals surface area (Å²) < 4.78 is 42.4. The average Bonchev–Trinajstić information content (AvgIpc) is 2.53. The number of nitrogens with one attached hydrogen (secondary N) is 1. The van der Waals surface area contributed by atoms with Crippen molar-refractivity contribution in [3.63, 3.8) is 0 Å². The summed E-state index contributed by atoms with van der Waals surface area (Å²) in [6.07, 6.45) is -1.74. The van der Waals surface area contributed by atoms with E-state index >= 15 is 0 Å². The van der Waals surface area contributed by atoms with Crippen molar-refractivity contribution in [1.82, 2.24) is 0 Å². The first kappa shape index (κ1) is 17.9. The van der Waals surface area contributed by atoms with Gasteiger partial charge in [-0.25, -0.2) is 0 Å². The maximum Gasteiger partial charge on any atom is 0.416 e. The van der Waals surface area contributed by atoms with Crippen LogP contribution in [0.25, 0.3) is 6.08 Å². The van der Waals surface area contributed by atoms with Gasteiger partial charge in [0.2, 0.25) is 5.91 Å². The first-order valence-corrected chi connectivity index (χ1v) is 7.17. The number of ether oxygens (including phenoxy) is 1. The Balaban J connectivity index is 2.01. The Bertz CT molecular complexity index is 755.